The number of benzene rings is 1. The van der Waals surface area contributed by atoms with Gasteiger partial charge in [0.25, 0.3) is 0 Å². The second kappa shape index (κ2) is 9.17. The molecule has 1 aromatic carbocycles. The van der Waals surface area contributed by atoms with Crippen LogP contribution in [0.2, 0.25) is 5.02 Å². The van der Waals surface area contributed by atoms with Crippen molar-refractivity contribution >= 4 is 28.5 Å². The molecule has 2 fully saturated rings. The van der Waals surface area contributed by atoms with Gasteiger partial charge in [-0.15, -0.1) is 0 Å². The van der Waals surface area contributed by atoms with Gasteiger partial charge in [0.05, 0.1) is 28.8 Å². The first kappa shape index (κ1) is 22.4. The fourth-order valence-electron chi connectivity index (χ4n) is 5.34. The fraction of sp³-hybridized carbons (Fsp3) is 0.346. The minimum atomic E-state index is -0.441. The molecule has 35 heavy (non-hydrogen) atoms. The molecule has 5 heterocycles. The van der Waals surface area contributed by atoms with E-state index < -0.39 is 11.6 Å². The van der Waals surface area contributed by atoms with Crippen LogP contribution in [-0.4, -0.2) is 39.4 Å². The highest BCUT2D eigenvalue weighted by atomic mass is 35.5. The maximum Gasteiger partial charge on any atom is 0.129 e. The van der Waals surface area contributed by atoms with Crippen molar-refractivity contribution in [1.82, 2.24) is 25.1 Å². The SMILES string of the molecule is Fc1ccc(F)c(C2CCCN2c2ccc3ncc(Cl)c(-c4cnn(C5CCNCC5)c4)c3n2)c1. The summed E-state index contributed by atoms with van der Waals surface area (Å²) >= 11 is 6.65. The van der Waals surface area contributed by atoms with Crippen LogP contribution < -0.4 is 10.2 Å². The summed E-state index contributed by atoms with van der Waals surface area (Å²) in [5.41, 5.74) is 3.42. The second-order valence-electron chi connectivity index (χ2n) is 9.23. The van der Waals surface area contributed by atoms with Crippen LogP contribution in [0, 0.1) is 11.6 Å². The number of halogens is 3. The summed E-state index contributed by atoms with van der Waals surface area (Å²) < 4.78 is 30.5. The molecule has 2 aliphatic heterocycles. The number of nitrogens with zero attached hydrogens (tertiary/aromatic N) is 5. The lowest BCUT2D eigenvalue weighted by Gasteiger charge is -2.27. The molecule has 2 aliphatic rings. The number of hydrogen-bond donors (Lipinski definition) is 1. The van der Waals surface area contributed by atoms with Crippen molar-refractivity contribution in [1.29, 1.82) is 0 Å². The molecule has 0 aliphatic carbocycles. The molecule has 1 atom stereocenters. The number of piperidine rings is 1. The largest absolute Gasteiger partial charge is 0.349 e. The Morgan fingerprint density at radius 1 is 1.03 bits per heavy atom. The summed E-state index contributed by atoms with van der Waals surface area (Å²) in [6.45, 7) is 2.66. The predicted octanol–water partition coefficient (Wildman–Crippen LogP) is 5.69. The van der Waals surface area contributed by atoms with Gasteiger partial charge in [0.1, 0.15) is 23.0 Å². The van der Waals surface area contributed by atoms with Crippen LogP contribution in [0.5, 0.6) is 0 Å². The molecule has 2 saturated heterocycles. The highest BCUT2D eigenvalue weighted by Crippen LogP contribution is 2.39. The van der Waals surface area contributed by atoms with Crippen LogP contribution in [0.3, 0.4) is 0 Å². The van der Waals surface area contributed by atoms with Gasteiger partial charge in [0.2, 0.25) is 0 Å². The maximum atomic E-state index is 14.6. The number of rotatable bonds is 4. The van der Waals surface area contributed by atoms with Crippen LogP contribution >= 0.6 is 11.6 Å². The third-order valence-corrected chi connectivity index (χ3v) is 7.38. The molecule has 1 N–H and O–H groups in total. The number of aromatic nitrogens is 4. The Labute approximate surface area is 206 Å². The molecular formula is C26H25ClF2N6. The van der Waals surface area contributed by atoms with E-state index in [0.717, 1.165) is 61.5 Å². The van der Waals surface area contributed by atoms with Gasteiger partial charge in [-0.2, -0.15) is 5.10 Å². The third kappa shape index (κ3) is 4.15. The lowest BCUT2D eigenvalue weighted by atomic mass is 10.0. The number of pyridine rings is 2. The topological polar surface area (TPSA) is 58.9 Å². The maximum absolute atomic E-state index is 14.6. The van der Waals surface area contributed by atoms with Crippen molar-refractivity contribution < 1.29 is 8.78 Å². The molecule has 0 amide bonds. The Bertz CT molecular complexity index is 1380. The monoisotopic (exact) mass is 494 g/mol. The van der Waals surface area contributed by atoms with E-state index >= 15 is 0 Å². The van der Waals surface area contributed by atoms with Gasteiger partial charge in [0.15, 0.2) is 0 Å². The molecule has 1 unspecified atom stereocenters. The van der Waals surface area contributed by atoms with Gasteiger partial charge in [-0.1, -0.05) is 11.6 Å². The second-order valence-corrected chi connectivity index (χ2v) is 9.63. The van der Waals surface area contributed by atoms with E-state index in [9.17, 15) is 8.78 Å². The zero-order chi connectivity index (χ0) is 23.9. The molecule has 0 radical (unpaired) electrons. The average Bonchev–Trinajstić information content (AvgIpc) is 3.56. The van der Waals surface area contributed by atoms with Crippen molar-refractivity contribution in [2.45, 2.75) is 37.8 Å². The Morgan fingerprint density at radius 3 is 2.74 bits per heavy atom. The van der Waals surface area contributed by atoms with Crippen molar-refractivity contribution in [3.8, 4) is 11.1 Å². The van der Waals surface area contributed by atoms with Crippen LogP contribution in [0.15, 0.2) is 48.9 Å². The summed E-state index contributed by atoms with van der Waals surface area (Å²) in [6, 6.07) is 7.50. The molecule has 6 rings (SSSR count). The van der Waals surface area contributed by atoms with E-state index in [1.807, 2.05) is 34.1 Å². The fourth-order valence-corrected chi connectivity index (χ4v) is 5.59. The van der Waals surface area contributed by atoms with Gasteiger partial charge in [-0.05, 0) is 69.1 Å². The van der Waals surface area contributed by atoms with Gasteiger partial charge < -0.3 is 10.2 Å². The van der Waals surface area contributed by atoms with Crippen LogP contribution in [0.25, 0.3) is 22.2 Å². The molecule has 0 bridgehead atoms. The molecule has 3 aromatic heterocycles. The van der Waals surface area contributed by atoms with E-state index in [1.54, 1.807) is 6.20 Å². The van der Waals surface area contributed by atoms with E-state index in [2.05, 4.69) is 15.4 Å². The standard InChI is InChI=1S/C26H25ClF2N6/c27-20-14-31-22-5-6-24(34-11-1-2-23(34)19-12-17(28)3-4-21(19)29)33-26(22)25(20)16-13-32-35(15-16)18-7-9-30-10-8-18/h3-6,12-15,18,23,30H,1-2,7-11H2. The average molecular weight is 495 g/mol. The normalized spacial score (nSPS) is 19.1. The highest BCUT2D eigenvalue weighted by Gasteiger charge is 2.30. The molecule has 0 saturated carbocycles. The Morgan fingerprint density at radius 2 is 1.89 bits per heavy atom. The lowest BCUT2D eigenvalue weighted by Crippen LogP contribution is -2.29. The quantitative estimate of drug-likeness (QED) is 0.395. The number of anilines is 1. The van der Waals surface area contributed by atoms with E-state index in [1.165, 1.54) is 12.1 Å². The minimum absolute atomic E-state index is 0.283. The molecule has 6 nitrogen and oxygen atoms in total. The molecule has 9 heteroatoms. The predicted molar refractivity (Wildman–Crippen MR) is 133 cm³/mol. The van der Waals surface area contributed by atoms with Gasteiger partial charge in [0, 0.05) is 35.6 Å². The Hall–Kier alpha value is -3.10. The Kier molecular flexibility index (Phi) is 5.86. The zero-order valence-electron chi connectivity index (χ0n) is 19.1. The summed E-state index contributed by atoms with van der Waals surface area (Å²) in [4.78, 5) is 11.5. The Balaban J connectivity index is 1.41. The van der Waals surface area contributed by atoms with E-state index in [4.69, 9.17) is 16.6 Å². The first-order valence-corrected chi connectivity index (χ1v) is 12.4. The summed E-state index contributed by atoms with van der Waals surface area (Å²) in [5, 5.41) is 8.51. The first-order valence-electron chi connectivity index (χ1n) is 12.0. The number of nitrogens with one attached hydrogen (secondary N) is 1. The number of hydrogen-bond acceptors (Lipinski definition) is 5. The van der Waals surface area contributed by atoms with Crippen molar-refractivity contribution in [2.75, 3.05) is 24.5 Å². The summed E-state index contributed by atoms with van der Waals surface area (Å²) in [6.07, 6.45) is 9.16. The smallest absolute Gasteiger partial charge is 0.129 e. The van der Waals surface area contributed by atoms with Crippen molar-refractivity contribution in [3.05, 3.63) is 71.1 Å². The van der Waals surface area contributed by atoms with Crippen LogP contribution in [0.1, 0.15) is 43.3 Å². The van der Waals surface area contributed by atoms with Crippen molar-refractivity contribution in [3.63, 3.8) is 0 Å². The van der Waals surface area contributed by atoms with Crippen LogP contribution in [-0.2, 0) is 0 Å². The highest BCUT2D eigenvalue weighted by molar-refractivity contribution is 6.34. The number of fused-ring (bicyclic) bond motifs is 1. The molecule has 180 valence electrons. The van der Waals surface area contributed by atoms with E-state index in [0.29, 0.717) is 34.5 Å². The summed E-state index contributed by atoms with van der Waals surface area (Å²) in [7, 11) is 0. The van der Waals surface area contributed by atoms with Gasteiger partial charge in [-0.3, -0.25) is 9.67 Å². The zero-order valence-corrected chi connectivity index (χ0v) is 19.8. The van der Waals surface area contributed by atoms with E-state index in [-0.39, 0.29) is 6.04 Å². The van der Waals surface area contributed by atoms with Gasteiger partial charge in [-0.25, -0.2) is 13.8 Å². The minimum Gasteiger partial charge on any atom is -0.349 e. The third-order valence-electron chi connectivity index (χ3n) is 7.09. The van der Waals surface area contributed by atoms with Gasteiger partial charge >= 0.3 is 0 Å². The lowest BCUT2D eigenvalue weighted by molar-refractivity contribution is 0.343. The van der Waals surface area contributed by atoms with Crippen molar-refractivity contribution in [2.24, 2.45) is 0 Å². The first-order chi connectivity index (χ1) is 17.1. The summed E-state index contributed by atoms with van der Waals surface area (Å²) in [5.74, 6) is -0.150. The molecular weight excluding hydrogens is 470 g/mol. The molecule has 0 spiro atoms. The molecule has 4 aromatic rings. The van der Waals surface area contributed by atoms with Crippen LogP contribution in [0.4, 0.5) is 14.6 Å².